The number of hydrogen-bond acceptors (Lipinski definition) is 6. The minimum Gasteiger partial charge on any atom is -0.480 e. The average molecular weight is 368 g/mol. The Morgan fingerprint density at radius 2 is 2.15 bits per heavy atom. The molecule has 7 nitrogen and oxygen atoms in total. The molecule has 1 aliphatic rings. The third kappa shape index (κ3) is 2.62. The molecule has 2 N–H and O–H groups in total. The van der Waals surface area contributed by atoms with Gasteiger partial charge < -0.3 is 19.2 Å². The van der Waals surface area contributed by atoms with Crippen molar-refractivity contribution in [2.75, 3.05) is 7.11 Å². The Labute approximate surface area is 151 Å². The van der Waals surface area contributed by atoms with Gasteiger partial charge in [0.1, 0.15) is 17.0 Å². The topological polar surface area (TPSA) is 105 Å². The zero-order valence-electron chi connectivity index (χ0n) is 14.3. The van der Waals surface area contributed by atoms with Crippen LogP contribution in [-0.2, 0) is 9.53 Å². The minimum atomic E-state index is -0.702. The van der Waals surface area contributed by atoms with Gasteiger partial charge in [-0.15, -0.1) is 0 Å². The second-order valence-corrected chi connectivity index (χ2v) is 6.01. The Kier molecular flexibility index (Phi) is 3.69. The van der Waals surface area contributed by atoms with Crippen LogP contribution in [0.5, 0.6) is 5.95 Å². The minimum absolute atomic E-state index is 0.0125. The first-order valence-corrected chi connectivity index (χ1v) is 7.93. The highest BCUT2D eigenvalue weighted by molar-refractivity contribution is 6.58. The number of pyridine rings is 1. The Balaban J connectivity index is 1.99. The number of carbonyl (C=O) groups excluding carboxylic acids is 1. The van der Waals surface area contributed by atoms with E-state index in [1.807, 2.05) is 0 Å². The van der Waals surface area contributed by atoms with Gasteiger partial charge in [-0.05, 0) is 37.3 Å². The number of aliphatic imine (C=N–C) groups is 1. The molecule has 0 fully saturated rings. The van der Waals surface area contributed by atoms with Gasteiger partial charge in [-0.3, -0.25) is 4.79 Å². The van der Waals surface area contributed by atoms with E-state index in [0.29, 0.717) is 22.3 Å². The molecular weight excluding hydrogens is 355 g/mol. The molecular formula is C19H13FN2O5. The second-order valence-electron chi connectivity index (χ2n) is 6.01. The zero-order valence-corrected chi connectivity index (χ0v) is 14.3. The van der Waals surface area contributed by atoms with Crippen LogP contribution in [0.4, 0.5) is 10.1 Å². The van der Waals surface area contributed by atoms with Gasteiger partial charge in [0.25, 0.3) is 11.5 Å². The third-order valence-corrected chi connectivity index (χ3v) is 4.24. The van der Waals surface area contributed by atoms with Gasteiger partial charge >= 0.3 is 5.97 Å². The van der Waals surface area contributed by atoms with Crippen molar-refractivity contribution < 1.29 is 23.4 Å². The van der Waals surface area contributed by atoms with Crippen molar-refractivity contribution >= 4 is 39.8 Å². The summed E-state index contributed by atoms with van der Waals surface area (Å²) in [6, 6.07) is 5.55. The predicted molar refractivity (Wildman–Crippen MR) is 96.6 cm³/mol. The first-order valence-electron chi connectivity index (χ1n) is 7.93. The number of aromatic hydroxyl groups is 1. The zero-order chi connectivity index (χ0) is 19.3. The van der Waals surface area contributed by atoms with Gasteiger partial charge in [0.05, 0.1) is 12.8 Å². The predicted octanol–water partition coefficient (Wildman–Crippen LogP) is 3.07. The lowest BCUT2D eigenvalue weighted by atomic mass is 10.0. The van der Waals surface area contributed by atoms with Crippen LogP contribution in [0.2, 0.25) is 0 Å². The Morgan fingerprint density at radius 3 is 2.89 bits per heavy atom. The molecule has 0 aliphatic carbocycles. The molecule has 1 aliphatic heterocycles. The molecule has 136 valence electrons. The molecule has 0 amide bonds. The fourth-order valence-corrected chi connectivity index (χ4v) is 3.07. The van der Waals surface area contributed by atoms with E-state index in [2.05, 4.69) is 9.98 Å². The van der Waals surface area contributed by atoms with Crippen LogP contribution in [0, 0.1) is 12.7 Å². The van der Waals surface area contributed by atoms with Crippen molar-refractivity contribution in [2.45, 2.75) is 6.92 Å². The highest BCUT2D eigenvalue weighted by Crippen LogP contribution is 2.39. The standard InChI is InChI=1S/C19H13FN2O5/c1-8-5-12-14(27-18(24)15(12)17(23)21-8)7-11-10-6-9(20)3-4-13(10)22-16(11)19(25)26-2/h3-7,24H,1-2H3,(H,21,23)/b11-7+. The number of benzene rings is 1. The van der Waals surface area contributed by atoms with Crippen LogP contribution in [-0.4, -0.2) is 28.9 Å². The normalized spacial score (nSPS) is 14.5. The highest BCUT2D eigenvalue weighted by atomic mass is 19.1. The molecule has 1 aromatic carbocycles. The van der Waals surface area contributed by atoms with Gasteiger partial charge in [-0.2, -0.15) is 0 Å². The van der Waals surface area contributed by atoms with E-state index in [0.717, 1.165) is 0 Å². The first kappa shape index (κ1) is 16.8. The quantitative estimate of drug-likeness (QED) is 0.677. The molecule has 0 unspecified atom stereocenters. The van der Waals surface area contributed by atoms with Crippen molar-refractivity contribution in [3.05, 3.63) is 57.5 Å². The van der Waals surface area contributed by atoms with Crippen LogP contribution in [0.3, 0.4) is 0 Å². The molecule has 8 heteroatoms. The van der Waals surface area contributed by atoms with Crippen LogP contribution >= 0.6 is 0 Å². The largest absolute Gasteiger partial charge is 0.480 e. The maximum Gasteiger partial charge on any atom is 0.357 e. The van der Waals surface area contributed by atoms with Crippen molar-refractivity contribution in [3.8, 4) is 5.95 Å². The number of hydrogen-bond donors (Lipinski definition) is 2. The maximum absolute atomic E-state index is 13.7. The van der Waals surface area contributed by atoms with E-state index in [4.69, 9.17) is 9.15 Å². The van der Waals surface area contributed by atoms with Crippen LogP contribution < -0.4 is 5.56 Å². The Hall–Kier alpha value is -3.68. The monoisotopic (exact) mass is 368 g/mol. The number of nitrogens with one attached hydrogen (secondary N) is 1. The molecule has 3 aromatic rings. The molecule has 0 spiro atoms. The smallest absolute Gasteiger partial charge is 0.357 e. The molecule has 4 rings (SSSR count). The Morgan fingerprint density at radius 1 is 1.37 bits per heavy atom. The summed E-state index contributed by atoms with van der Waals surface area (Å²) in [5.41, 5.74) is 1.08. The molecule has 27 heavy (non-hydrogen) atoms. The van der Waals surface area contributed by atoms with Crippen LogP contribution in [0.15, 0.2) is 38.5 Å². The molecule has 3 heterocycles. The lowest BCUT2D eigenvalue weighted by molar-refractivity contribution is -0.132. The van der Waals surface area contributed by atoms with Gasteiger partial charge in [0.15, 0.2) is 5.71 Å². The number of nitrogens with zero attached hydrogens (tertiary/aromatic N) is 1. The summed E-state index contributed by atoms with van der Waals surface area (Å²) < 4.78 is 23.8. The highest BCUT2D eigenvalue weighted by Gasteiger charge is 2.28. The average Bonchev–Trinajstić information content (AvgIpc) is 3.12. The molecule has 0 radical (unpaired) electrons. The third-order valence-electron chi connectivity index (χ3n) is 4.24. The number of aromatic amines is 1. The van der Waals surface area contributed by atoms with Gasteiger partial charge in [-0.25, -0.2) is 14.2 Å². The van der Waals surface area contributed by atoms with Crippen LogP contribution in [0.25, 0.3) is 22.4 Å². The number of aromatic nitrogens is 1. The Bertz CT molecular complexity index is 1230. The van der Waals surface area contributed by atoms with Gasteiger partial charge in [-0.1, -0.05) is 0 Å². The number of aryl methyl sites for hydroxylation is 1. The maximum atomic E-state index is 13.7. The number of esters is 1. The van der Waals surface area contributed by atoms with Gasteiger partial charge in [0.2, 0.25) is 0 Å². The molecule has 0 saturated heterocycles. The number of methoxy groups -OCH3 is 1. The fraction of sp³-hybridized carbons (Fsp3) is 0.105. The van der Waals surface area contributed by atoms with E-state index in [1.165, 1.54) is 31.4 Å². The van der Waals surface area contributed by atoms with Crippen molar-refractivity contribution in [1.82, 2.24) is 4.98 Å². The molecule has 0 atom stereocenters. The fourth-order valence-electron chi connectivity index (χ4n) is 3.07. The summed E-state index contributed by atoms with van der Waals surface area (Å²) in [7, 11) is 1.21. The summed E-state index contributed by atoms with van der Waals surface area (Å²) in [4.78, 5) is 31.0. The number of H-pyrrole nitrogens is 1. The molecule has 0 bridgehead atoms. The summed E-state index contributed by atoms with van der Waals surface area (Å²) >= 11 is 0. The van der Waals surface area contributed by atoms with E-state index < -0.39 is 23.3 Å². The summed E-state index contributed by atoms with van der Waals surface area (Å²) in [6.07, 6.45) is 1.43. The summed E-state index contributed by atoms with van der Waals surface area (Å²) in [6.45, 7) is 1.68. The molecule has 0 saturated carbocycles. The molecule has 2 aromatic heterocycles. The number of carbonyl (C=O) groups is 1. The SMILES string of the molecule is COC(=O)C1=Nc2ccc(F)cc2/C1=C\c1oc(O)c2c(=O)[nH]c(C)cc12. The number of furan rings is 1. The summed E-state index contributed by atoms with van der Waals surface area (Å²) in [5, 5.41) is 10.3. The number of fused-ring (bicyclic) bond motifs is 2. The van der Waals surface area contributed by atoms with Gasteiger partial charge in [0, 0.05) is 22.2 Å². The first-order chi connectivity index (χ1) is 12.9. The number of halogens is 1. The van der Waals surface area contributed by atoms with E-state index >= 15 is 0 Å². The van der Waals surface area contributed by atoms with E-state index in [9.17, 15) is 19.1 Å². The van der Waals surface area contributed by atoms with Crippen molar-refractivity contribution in [2.24, 2.45) is 4.99 Å². The second kappa shape index (κ2) is 5.94. The number of ether oxygens (including phenoxy) is 1. The number of rotatable bonds is 2. The summed E-state index contributed by atoms with van der Waals surface area (Å²) in [5.74, 6) is -1.61. The van der Waals surface area contributed by atoms with E-state index in [-0.39, 0.29) is 22.4 Å². The lowest BCUT2D eigenvalue weighted by Crippen LogP contribution is -2.14. The van der Waals surface area contributed by atoms with Crippen molar-refractivity contribution in [1.29, 1.82) is 0 Å². The van der Waals surface area contributed by atoms with Crippen molar-refractivity contribution in [3.63, 3.8) is 0 Å². The van der Waals surface area contributed by atoms with E-state index in [1.54, 1.807) is 13.0 Å². The van der Waals surface area contributed by atoms with Crippen LogP contribution in [0.1, 0.15) is 17.0 Å². The lowest BCUT2D eigenvalue weighted by Gasteiger charge is -2.03.